The summed E-state index contributed by atoms with van der Waals surface area (Å²) in [5.41, 5.74) is 7.92. The fourth-order valence-corrected chi connectivity index (χ4v) is 5.11. The Morgan fingerprint density at radius 3 is 2.67 bits per heavy atom. The first-order chi connectivity index (χ1) is 18.7. The standard InChI is InChI=1S/C26H30Cl2FN7O3/c1-3-31-26(38)33-13-22(37)35-8-6-18(7-9-35)36-14-17(12-34-36)16-10-21(25(30)32-11-16)39-15(2)23-19(27)4-5-20(29)24(23)28/h4-5,10-12,14-15,18H,3,6-9,13H2,1-2H3,(H2,30,32)(H2,31,33,38). The van der Waals surface area contributed by atoms with Gasteiger partial charge >= 0.3 is 6.03 Å². The summed E-state index contributed by atoms with van der Waals surface area (Å²) in [5, 5.41) is 9.88. The molecule has 3 amide bonds. The van der Waals surface area contributed by atoms with E-state index in [1.807, 2.05) is 17.8 Å². The Balaban J connectivity index is 1.40. The molecule has 1 atom stereocenters. The summed E-state index contributed by atoms with van der Waals surface area (Å²) in [6, 6.07) is 4.13. The minimum absolute atomic E-state index is 0.0345. The topological polar surface area (TPSA) is 127 Å². The van der Waals surface area contributed by atoms with Crippen LogP contribution in [0, 0.1) is 5.82 Å². The molecule has 4 N–H and O–H groups in total. The Hall–Kier alpha value is -3.57. The lowest BCUT2D eigenvalue weighted by Crippen LogP contribution is -2.46. The third-order valence-corrected chi connectivity index (χ3v) is 7.25. The number of nitrogens with two attached hydrogens (primary N) is 1. The van der Waals surface area contributed by atoms with Crippen LogP contribution >= 0.6 is 23.2 Å². The van der Waals surface area contributed by atoms with Crippen LogP contribution in [0.25, 0.3) is 11.1 Å². The van der Waals surface area contributed by atoms with Crippen molar-refractivity contribution in [3.63, 3.8) is 0 Å². The minimum atomic E-state index is -0.688. The lowest BCUT2D eigenvalue weighted by Gasteiger charge is -2.32. The van der Waals surface area contributed by atoms with Crippen LogP contribution in [0.15, 0.2) is 36.8 Å². The van der Waals surface area contributed by atoms with Gasteiger partial charge in [0, 0.05) is 53.7 Å². The molecule has 1 aliphatic rings. The first kappa shape index (κ1) is 28.4. The maximum absolute atomic E-state index is 14.0. The smallest absolute Gasteiger partial charge is 0.315 e. The van der Waals surface area contributed by atoms with Gasteiger partial charge in [-0.25, -0.2) is 14.2 Å². The zero-order chi connectivity index (χ0) is 28.1. The molecule has 0 bridgehead atoms. The van der Waals surface area contributed by atoms with Crippen molar-refractivity contribution in [2.75, 3.05) is 31.9 Å². The summed E-state index contributed by atoms with van der Waals surface area (Å²) in [4.78, 5) is 30.0. The first-order valence-electron chi connectivity index (χ1n) is 12.6. The summed E-state index contributed by atoms with van der Waals surface area (Å²) in [6.07, 6.45) is 6.05. The molecule has 1 unspecified atom stereocenters. The van der Waals surface area contributed by atoms with Crippen LogP contribution < -0.4 is 21.1 Å². The molecule has 0 saturated carbocycles. The molecule has 0 radical (unpaired) electrons. The highest BCUT2D eigenvalue weighted by Crippen LogP contribution is 2.37. The Morgan fingerprint density at radius 1 is 1.21 bits per heavy atom. The van der Waals surface area contributed by atoms with E-state index < -0.39 is 11.9 Å². The quantitative estimate of drug-likeness (QED) is 0.336. The number of amides is 3. The summed E-state index contributed by atoms with van der Waals surface area (Å²) < 4.78 is 21.9. The van der Waals surface area contributed by atoms with Gasteiger partial charge in [-0.1, -0.05) is 23.2 Å². The number of nitrogen functional groups attached to an aromatic ring is 1. The van der Waals surface area contributed by atoms with E-state index in [0.29, 0.717) is 30.9 Å². The second-order valence-corrected chi connectivity index (χ2v) is 9.94. The van der Waals surface area contributed by atoms with Crippen molar-refractivity contribution in [3.05, 3.63) is 58.2 Å². The largest absolute Gasteiger partial charge is 0.482 e. The van der Waals surface area contributed by atoms with Gasteiger partial charge in [-0.2, -0.15) is 5.10 Å². The predicted octanol–water partition coefficient (Wildman–Crippen LogP) is 4.60. The number of rotatable bonds is 8. The van der Waals surface area contributed by atoms with Gasteiger partial charge in [0.1, 0.15) is 11.9 Å². The van der Waals surface area contributed by atoms with Gasteiger partial charge in [0.15, 0.2) is 11.6 Å². The highest BCUT2D eigenvalue weighted by atomic mass is 35.5. The van der Waals surface area contributed by atoms with Crippen molar-refractivity contribution in [2.45, 2.75) is 38.8 Å². The van der Waals surface area contributed by atoms with E-state index in [0.717, 1.165) is 24.0 Å². The highest BCUT2D eigenvalue weighted by molar-refractivity contribution is 6.36. The maximum atomic E-state index is 14.0. The number of benzene rings is 1. The number of anilines is 1. The monoisotopic (exact) mass is 577 g/mol. The molecule has 4 rings (SSSR count). The van der Waals surface area contributed by atoms with Gasteiger partial charge in [0.25, 0.3) is 0 Å². The number of halogens is 3. The van der Waals surface area contributed by atoms with Crippen LogP contribution in [0.1, 0.15) is 44.4 Å². The molecular formula is C26H30Cl2FN7O3. The third kappa shape index (κ3) is 6.72. The van der Waals surface area contributed by atoms with E-state index in [1.54, 1.807) is 30.3 Å². The number of nitrogens with one attached hydrogen (secondary N) is 2. The molecule has 3 heterocycles. The van der Waals surface area contributed by atoms with Gasteiger partial charge in [0.05, 0.1) is 23.8 Å². The zero-order valence-corrected chi connectivity index (χ0v) is 23.1. The van der Waals surface area contributed by atoms with E-state index in [9.17, 15) is 14.0 Å². The second kappa shape index (κ2) is 12.5. The number of urea groups is 1. The van der Waals surface area contributed by atoms with E-state index >= 15 is 0 Å². The molecule has 1 aromatic carbocycles. The molecule has 13 heteroatoms. The summed E-state index contributed by atoms with van der Waals surface area (Å²) in [6.45, 7) is 5.11. The second-order valence-electron chi connectivity index (χ2n) is 9.16. The average Bonchev–Trinajstić information content (AvgIpc) is 3.41. The fourth-order valence-electron chi connectivity index (χ4n) is 4.43. The summed E-state index contributed by atoms with van der Waals surface area (Å²) in [7, 11) is 0. The van der Waals surface area contributed by atoms with Gasteiger partial charge in [0.2, 0.25) is 5.91 Å². The van der Waals surface area contributed by atoms with E-state index in [-0.39, 0.29) is 40.4 Å². The summed E-state index contributed by atoms with van der Waals surface area (Å²) in [5.74, 6) is -0.237. The number of ether oxygens (including phenoxy) is 1. The van der Waals surface area contributed by atoms with Crippen LogP contribution in [-0.4, -0.2) is 57.8 Å². The van der Waals surface area contributed by atoms with Crippen molar-refractivity contribution in [1.29, 1.82) is 0 Å². The minimum Gasteiger partial charge on any atom is -0.482 e. The maximum Gasteiger partial charge on any atom is 0.315 e. The molecule has 3 aromatic rings. The zero-order valence-electron chi connectivity index (χ0n) is 21.6. The Morgan fingerprint density at radius 2 is 1.95 bits per heavy atom. The number of hydrogen-bond acceptors (Lipinski definition) is 6. The van der Waals surface area contributed by atoms with Gasteiger partial charge in [-0.3, -0.25) is 9.48 Å². The Bertz CT molecular complexity index is 1350. The lowest BCUT2D eigenvalue weighted by atomic mass is 10.1. The molecule has 1 saturated heterocycles. The number of carbonyl (C=O) groups is 2. The van der Waals surface area contributed by atoms with Crippen molar-refractivity contribution >= 4 is 41.0 Å². The third-order valence-electron chi connectivity index (χ3n) is 6.54. The van der Waals surface area contributed by atoms with Crippen LogP contribution in [0.3, 0.4) is 0 Å². The van der Waals surface area contributed by atoms with Crippen LogP contribution in [0.4, 0.5) is 15.0 Å². The number of hydrogen-bond donors (Lipinski definition) is 3. The lowest BCUT2D eigenvalue weighted by molar-refractivity contribution is -0.131. The van der Waals surface area contributed by atoms with Gasteiger partial charge in [-0.15, -0.1) is 0 Å². The number of pyridine rings is 1. The van der Waals surface area contributed by atoms with Crippen molar-refractivity contribution < 1.29 is 18.7 Å². The highest BCUT2D eigenvalue weighted by Gasteiger charge is 2.25. The molecular weight excluding hydrogens is 548 g/mol. The number of nitrogens with zero attached hydrogens (tertiary/aromatic N) is 4. The number of carbonyl (C=O) groups excluding carboxylic acids is 2. The van der Waals surface area contributed by atoms with Crippen LogP contribution in [0.2, 0.25) is 10.0 Å². The average molecular weight is 578 g/mol. The Labute approximate surface area is 235 Å². The fraction of sp³-hybridized carbons (Fsp3) is 0.385. The molecule has 0 spiro atoms. The molecule has 1 aliphatic heterocycles. The SMILES string of the molecule is CCNC(=O)NCC(=O)N1CCC(n2cc(-c3cnc(N)c(OC(C)c4c(Cl)ccc(F)c4Cl)c3)cn2)CC1. The molecule has 1 fully saturated rings. The van der Waals surface area contributed by atoms with Crippen molar-refractivity contribution in [1.82, 2.24) is 30.3 Å². The number of piperidine rings is 1. The molecule has 10 nitrogen and oxygen atoms in total. The van der Waals surface area contributed by atoms with E-state index in [1.165, 1.54) is 12.1 Å². The van der Waals surface area contributed by atoms with Gasteiger partial charge < -0.3 is 26.0 Å². The molecule has 39 heavy (non-hydrogen) atoms. The number of likely N-dealkylation sites (tertiary alicyclic amines) is 1. The number of aromatic nitrogens is 3. The van der Waals surface area contributed by atoms with Crippen molar-refractivity contribution in [2.24, 2.45) is 0 Å². The van der Waals surface area contributed by atoms with E-state index in [2.05, 4.69) is 20.7 Å². The Kier molecular flexibility index (Phi) is 9.13. The molecule has 208 valence electrons. The predicted molar refractivity (Wildman–Crippen MR) is 147 cm³/mol. The van der Waals surface area contributed by atoms with Crippen LogP contribution in [0.5, 0.6) is 5.75 Å². The normalized spacial score (nSPS) is 14.6. The molecule has 2 aromatic heterocycles. The van der Waals surface area contributed by atoms with Gasteiger partial charge in [-0.05, 0) is 44.9 Å². The first-order valence-corrected chi connectivity index (χ1v) is 13.3. The van der Waals surface area contributed by atoms with Crippen LogP contribution in [-0.2, 0) is 4.79 Å². The molecule has 0 aliphatic carbocycles. The van der Waals surface area contributed by atoms with E-state index in [4.69, 9.17) is 33.7 Å². The van der Waals surface area contributed by atoms with Crippen molar-refractivity contribution in [3.8, 4) is 16.9 Å². The summed E-state index contributed by atoms with van der Waals surface area (Å²) >= 11 is 12.4.